The van der Waals surface area contributed by atoms with Crippen LogP contribution in [0.25, 0.3) is 0 Å². The van der Waals surface area contributed by atoms with Crippen molar-refractivity contribution in [3.63, 3.8) is 0 Å². The first-order chi connectivity index (χ1) is 7.18. The molecule has 0 fully saturated rings. The largest absolute Gasteiger partial charge is 0.508 e. The van der Waals surface area contributed by atoms with E-state index in [4.69, 9.17) is 10.8 Å². The third-order valence-electron chi connectivity index (χ3n) is 2.22. The average molecular weight is 260 g/mol. The summed E-state index contributed by atoms with van der Waals surface area (Å²) in [5.41, 5.74) is 7.17. The van der Waals surface area contributed by atoms with E-state index in [1.165, 1.54) is 23.5 Å². The number of hydrogen-bond acceptors (Lipinski definition) is 3. The Morgan fingerprint density at radius 2 is 2.06 bits per heavy atom. The summed E-state index contributed by atoms with van der Waals surface area (Å²) in [5, 5.41) is 12.9. The third-order valence-corrected chi connectivity index (χ3v) is 2.92. The number of thiophene rings is 1. The summed E-state index contributed by atoms with van der Waals surface area (Å²) in [6, 6.07) is 5.40. The van der Waals surface area contributed by atoms with Gasteiger partial charge in [-0.25, -0.2) is 4.39 Å². The SMILES string of the molecule is Cl.N[C@H](c1ccsc1)c1ccc(O)cc1F. The van der Waals surface area contributed by atoms with Crippen molar-refractivity contribution in [1.82, 2.24) is 0 Å². The van der Waals surface area contributed by atoms with Crippen LogP contribution in [-0.4, -0.2) is 5.11 Å². The van der Waals surface area contributed by atoms with Gasteiger partial charge < -0.3 is 10.8 Å². The molecule has 0 radical (unpaired) electrons. The molecule has 0 aliphatic heterocycles. The molecule has 1 aromatic carbocycles. The van der Waals surface area contributed by atoms with Gasteiger partial charge in [-0.05, 0) is 28.5 Å². The zero-order valence-electron chi connectivity index (χ0n) is 8.26. The second-order valence-electron chi connectivity index (χ2n) is 3.24. The predicted molar refractivity (Wildman–Crippen MR) is 65.7 cm³/mol. The summed E-state index contributed by atoms with van der Waals surface area (Å²) in [5.74, 6) is -0.567. The molecule has 3 N–H and O–H groups in total. The first kappa shape index (κ1) is 13.0. The predicted octanol–water partition coefficient (Wildman–Crippen LogP) is 3.06. The van der Waals surface area contributed by atoms with Gasteiger partial charge >= 0.3 is 0 Å². The van der Waals surface area contributed by atoms with Crippen molar-refractivity contribution in [3.8, 4) is 5.75 Å². The highest BCUT2D eigenvalue weighted by Gasteiger charge is 2.13. The van der Waals surface area contributed by atoms with Gasteiger partial charge in [0.15, 0.2) is 0 Å². The highest BCUT2D eigenvalue weighted by molar-refractivity contribution is 7.08. The molecule has 2 rings (SSSR count). The lowest BCUT2D eigenvalue weighted by molar-refractivity contribution is 0.467. The van der Waals surface area contributed by atoms with Gasteiger partial charge in [0.25, 0.3) is 0 Å². The maximum absolute atomic E-state index is 13.5. The van der Waals surface area contributed by atoms with E-state index in [9.17, 15) is 4.39 Å². The monoisotopic (exact) mass is 259 g/mol. The van der Waals surface area contributed by atoms with Crippen LogP contribution in [0.15, 0.2) is 35.0 Å². The number of phenolic OH excluding ortho intramolecular Hbond substituents is 1. The van der Waals surface area contributed by atoms with E-state index < -0.39 is 11.9 Å². The number of hydrogen-bond donors (Lipinski definition) is 2. The minimum Gasteiger partial charge on any atom is -0.508 e. The second-order valence-corrected chi connectivity index (χ2v) is 4.02. The van der Waals surface area contributed by atoms with E-state index in [0.717, 1.165) is 11.6 Å². The van der Waals surface area contributed by atoms with E-state index >= 15 is 0 Å². The van der Waals surface area contributed by atoms with Gasteiger partial charge in [-0.3, -0.25) is 0 Å². The molecule has 0 unspecified atom stereocenters. The lowest BCUT2D eigenvalue weighted by Gasteiger charge is -2.11. The maximum Gasteiger partial charge on any atom is 0.131 e. The Kier molecular flexibility index (Phi) is 4.29. The Bertz CT molecular complexity index is 461. The number of rotatable bonds is 2. The van der Waals surface area contributed by atoms with E-state index in [2.05, 4.69) is 0 Å². The van der Waals surface area contributed by atoms with Crippen LogP contribution in [0.5, 0.6) is 5.75 Å². The summed E-state index contributed by atoms with van der Waals surface area (Å²) in [4.78, 5) is 0. The summed E-state index contributed by atoms with van der Waals surface area (Å²) in [6.07, 6.45) is 0. The summed E-state index contributed by atoms with van der Waals surface area (Å²) in [6.45, 7) is 0. The van der Waals surface area contributed by atoms with E-state index in [1.54, 1.807) is 0 Å². The van der Waals surface area contributed by atoms with Crippen LogP contribution in [0, 0.1) is 5.82 Å². The quantitative estimate of drug-likeness (QED) is 0.871. The van der Waals surface area contributed by atoms with Crippen molar-refractivity contribution >= 4 is 23.7 Å². The molecular weight excluding hydrogens is 249 g/mol. The van der Waals surface area contributed by atoms with Crippen LogP contribution in [0.2, 0.25) is 0 Å². The van der Waals surface area contributed by atoms with Gasteiger partial charge in [0.2, 0.25) is 0 Å². The summed E-state index contributed by atoms with van der Waals surface area (Å²) in [7, 11) is 0. The smallest absolute Gasteiger partial charge is 0.131 e. The van der Waals surface area contributed by atoms with Gasteiger partial charge in [-0.1, -0.05) is 6.07 Å². The van der Waals surface area contributed by atoms with Crippen LogP contribution in [0.4, 0.5) is 4.39 Å². The fraction of sp³-hybridized carbons (Fsp3) is 0.0909. The molecule has 0 saturated heterocycles. The minimum absolute atomic E-state index is 0. The molecule has 0 aliphatic rings. The molecule has 0 amide bonds. The van der Waals surface area contributed by atoms with E-state index in [-0.39, 0.29) is 18.2 Å². The van der Waals surface area contributed by atoms with Crippen molar-refractivity contribution < 1.29 is 9.50 Å². The molecule has 5 heteroatoms. The van der Waals surface area contributed by atoms with Crippen molar-refractivity contribution in [3.05, 3.63) is 52.0 Å². The molecule has 16 heavy (non-hydrogen) atoms. The highest BCUT2D eigenvalue weighted by Crippen LogP contribution is 2.25. The molecule has 0 spiro atoms. The number of aromatic hydroxyl groups is 1. The Hall–Kier alpha value is -1.10. The van der Waals surface area contributed by atoms with Gasteiger partial charge in [0.05, 0.1) is 6.04 Å². The second kappa shape index (κ2) is 5.30. The Labute approximate surface area is 103 Å². The van der Waals surface area contributed by atoms with Gasteiger partial charge in [0, 0.05) is 11.6 Å². The lowest BCUT2D eigenvalue weighted by atomic mass is 10.0. The topological polar surface area (TPSA) is 46.2 Å². The van der Waals surface area contributed by atoms with E-state index in [0.29, 0.717) is 5.56 Å². The van der Waals surface area contributed by atoms with Crippen LogP contribution in [0.1, 0.15) is 17.2 Å². The number of benzene rings is 1. The third kappa shape index (κ3) is 2.52. The fourth-order valence-electron chi connectivity index (χ4n) is 1.40. The zero-order valence-corrected chi connectivity index (χ0v) is 9.89. The highest BCUT2D eigenvalue weighted by atomic mass is 35.5. The van der Waals surface area contributed by atoms with E-state index in [1.807, 2.05) is 16.8 Å². The fourth-order valence-corrected chi connectivity index (χ4v) is 2.10. The molecular formula is C11H11ClFNOS. The molecule has 0 saturated carbocycles. The minimum atomic E-state index is -0.478. The Morgan fingerprint density at radius 1 is 1.31 bits per heavy atom. The summed E-state index contributed by atoms with van der Waals surface area (Å²) >= 11 is 1.52. The zero-order chi connectivity index (χ0) is 10.8. The molecule has 2 nitrogen and oxygen atoms in total. The van der Waals surface area contributed by atoms with Crippen LogP contribution < -0.4 is 5.73 Å². The molecule has 0 bridgehead atoms. The van der Waals surface area contributed by atoms with Gasteiger partial charge in [-0.2, -0.15) is 11.3 Å². The number of phenols is 1. The van der Waals surface area contributed by atoms with Crippen molar-refractivity contribution in [2.75, 3.05) is 0 Å². The molecule has 1 atom stereocenters. The van der Waals surface area contributed by atoms with Crippen molar-refractivity contribution in [2.45, 2.75) is 6.04 Å². The van der Waals surface area contributed by atoms with Crippen LogP contribution in [0.3, 0.4) is 0 Å². The van der Waals surface area contributed by atoms with Crippen molar-refractivity contribution in [2.24, 2.45) is 5.73 Å². The van der Waals surface area contributed by atoms with Crippen molar-refractivity contribution in [1.29, 1.82) is 0 Å². The molecule has 1 aromatic heterocycles. The van der Waals surface area contributed by atoms with Gasteiger partial charge in [-0.15, -0.1) is 12.4 Å². The number of nitrogens with two attached hydrogens (primary N) is 1. The molecule has 2 aromatic rings. The maximum atomic E-state index is 13.5. The first-order valence-electron chi connectivity index (χ1n) is 4.44. The normalized spacial score (nSPS) is 11.9. The summed E-state index contributed by atoms with van der Waals surface area (Å²) < 4.78 is 13.5. The Morgan fingerprint density at radius 3 is 2.62 bits per heavy atom. The molecule has 0 aliphatic carbocycles. The van der Waals surface area contributed by atoms with Crippen LogP contribution in [-0.2, 0) is 0 Å². The average Bonchev–Trinajstić information content (AvgIpc) is 2.69. The van der Waals surface area contributed by atoms with Gasteiger partial charge in [0.1, 0.15) is 11.6 Å². The number of halogens is 2. The Balaban J connectivity index is 0.00000128. The molecule has 1 heterocycles. The standard InChI is InChI=1S/C11H10FNOS.ClH/c12-10-5-8(14)1-2-9(10)11(13)7-3-4-15-6-7;/h1-6,11,14H,13H2;1H/t11-;/m1./s1. The lowest BCUT2D eigenvalue weighted by Crippen LogP contribution is -2.12. The molecule has 86 valence electrons. The van der Waals surface area contributed by atoms with Crippen LogP contribution >= 0.6 is 23.7 Å². The first-order valence-corrected chi connectivity index (χ1v) is 5.39.